The van der Waals surface area contributed by atoms with Crippen molar-refractivity contribution in [3.05, 3.63) is 27.4 Å². The average molecular weight is 323 g/mol. The number of thiophene rings is 1. The predicted molar refractivity (Wildman–Crippen MR) is 89.3 cm³/mol. The van der Waals surface area contributed by atoms with Gasteiger partial charge in [-0.1, -0.05) is 6.08 Å². The number of carbonyl (C=O) groups is 1. The van der Waals surface area contributed by atoms with E-state index in [2.05, 4.69) is 5.32 Å². The Balaban J connectivity index is 2.33. The molecule has 0 saturated carbocycles. The number of aromatic carboxylic acids is 1. The van der Waals surface area contributed by atoms with Gasteiger partial charge in [-0.25, -0.2) is 4.79 Å². The van der Waals surface area contributed by atoms with Gasteiger partial charge >= 0.3 is 13.1 Å². The molecule has 1 aliphatic heterocycles. The minimum atomic E-state index is -0.918. The molecule has 0 bridgehead atoms. The molecule has 0 aliphatic carbocycles. The summed E-state index contributed by atoms with van der Waals surface area (Å²) < 4.78 is 12.1. The van der Waals surface area contributed by atoms with Gasteiger partial charge in [-0.15, -0.1) is 11.3 Å². The molecule has 0 unspecified atom stereocenters. The molecule has 1 aromatic rings. The molecule has 1 aliphatic rings. The molecule has 1 saturated heterocycles. The lowest BCUT2D eigenvalue weighted by molar-refractivity contribution is 0.00578. The first-order valence-corrected chi connectivity index (χ1v) is 8.07. The van der Waals surface area contributed by atoms with Crippen LogP contribution in [-0.2, 0) is 9.31 Å². The highest BCUT2D eigenvalue weighted by Crippen LogP contribution is 2.38. The van der Waals surface area contributed by atoms with E-state index in [9.17, 15) is 9.90 Å². The van der Waals surface area contributed by atoms with Crippen molar-refractivity contribution in [2.75, 3.05) is 13.6 Å². The summed E-state index contributed by atoms with van der Waals surface area (Å²) in [5.74, 6) is -0.918. The highest BCUT2D eigenvalue weighted by Gasteiger charge is 2.52. The molecule has 0 atom stereocenters. The summed E-state index contributed by atoms with van der Waals surface area (Å²) in [6.45, 7) is 8.55. The van der Waals surface area contributed by atoms with E-state index in [0.29, 0.717) is 17.0 Å². The summed E-state index contributed by atoms with van der Waals surface area (Å²) in [5, 5.41) is 14.1. The first-order chi connectivity index (χ1) is 10.2. The second-order valence-electron chi connectivity index (χ2n) is 6.35. The van der Waals surface area contributed by atoms with Crippen LogP contribution in [0.3, 0.4) is 0 Å². The number of carboxylic acid groups (broad SMARTS) is 1. The van der Waals surface area contributed by atoms with Crippen molar-refractivity contribution >= 4 is 30.5 Å². The van der Waals surface area contributed by atoms with Crippen LogP contribution in [-0.4, -0.2) is 43.0 Å². The van der Waals surface area contributed by atoms with Crippen molar-refractivity contribution < 1.29 is 19.2 Å². The van der Waals surface area contributed by atoms with Crippen LogP contribution in [0.2, 0.25) is 0 Å². The Hall–Kier alpha value is -1.15. The first-order valence-electron chi connectivity index (χ1n) is 7.19. The van der Waals surface area contributed by atoms with E-state index in [1.807, 2.05) is 40.8 Å². The van der Waals surface area contributed by atoms with Gasteiger partial charge in [0.05, 0.1) is 11.2 Å². The molecule has 2 rings (SSSR count). The zero-order chi connectivity index (χ0) is 16.5. The Morgan fingerprint density at radius 3 is 2.45 bits per heavy atom. The number of nitrogens with one attached hydrogen (secondary N) is 1. The fourth-order valence-corrected chi connectivity index (χ4v) is 2.92. The Labute approximate surface area is 135 Å². The van der Waals surface area contributed by atoms with E-state index in [1.54, 1.807) is 11.4 Å². The third-order valence-electron chi connectivity index (χ3n) is 4.17. The number of hydrogen-bond donors (Lipinski definition) is 2. The molecule has 2 heterocycles. The van der Waals surface area contributed by atoms with Crippen molar-refractivity contribution in [1.82, 2.24) is 5.32 Å². The Bertz CT molecular complexity index is 578. The molecule has 0 radical (unpaired) electrons. The summed E-state index contributed by atoms with van der Waals surface area (Å²) in [5.41, 5.74) is 0.711. The van der Waals surface area contributed by atoms with Crippen LogP contribution in [0.5, 0.6) is 0 Å². The predicted octanol–water partition coefficient (Wildman–Crippen LogP) is 2.68. The second-order valence-corrected chi connectivity index (χ2v) is 7.26. The number of likely N-dealkylation sites (N-methyl/N-ethyl adjacent to an activating group) is 1. The van der Waals surface area contributed by atoms with E-state index < -0.39 is 24.3 Å². The third kappa shape index (κ3) is 3.27. The minimum absolute atomic E-state index is 0.324. The molecule has 0 aromatic carbocycles. The van der Waals surface area contributed by atoms with Crippen molar-refractivity contribution in [3.63, 3.8) is 0 Å². The van der Waals surface area contributed by atoms with Crippen LogP contribution in [0, 0.1) is 0 Å². The topological polar surface area (TPSA) is 67.8 Å². The van der Waals surface area contributed by atoms with Gasteiger partial charge in [-0.2, -0.15) is 0 Å². The molecule has 0 amide bonds. The summed E-state index contributed by atoms with van der Waals surface area (Å²) in [6, 6.07) is 1.80. The highest BCUT2D eigenvalue weighted by atomic mass is 32.1. The van der Waals surface area contributed by atoms with E-state index in [4.69, 9.17) is 9.31 Å². The molecule has 5 nitrogen and oxygen atoms in total. The van der Waals surface area contributed by atoms with Crippen molar-refractivity contribution in [1.29, 1.82) is 0 Å². The van der Waals surface area contributed by atoms with Crippen LogP contribution >= 0.6 is 11.3 Å². The monoisotopic (exact) mass is 323 g/mol. The molecular formula is C15H22BNO4S. The van der Waals surface area contributed by atoms with Gasteiger partial charge in [0.15, 0.2) is 0 Å². The average Bonchev–Trinajstić information content (AvgIpc) is 2.92. The lowest BCUT2D eigenvalue weighted by Gasteiger charge is -2.32. The second kappa shape index (κ2) is 6.16. The van der Waals surface area contributed by atoms with Gasteiger partial charge in [0, 0.05) is 6.54 Å². The van der Waals surface area contributed by atoms with Gasteiger partial charge in [0.2, 0.25) is 0 Å². The largest absolute Gasteiger partial charge is 0.491 e. The molecule has 22 heavy (non-hydrogen) atoms. The zero-order valence-electron chi connectivity index (χ0n) is 13.6. The maximum atomic E-state index is 11.3. The Kier molecular flexibility index (Phi) is 4.82. The minimum Gasteiger partial charge on any atom is -0.477 e. The SMILES string of the molecule is CNCC(=Cc1ccsc1C(=O)O)B1OC(C)(C)C(C)(C)O1. The fraction of sp³-hybridized carbons (Fsp3) is 0.533. The van der Waals surface area contributed by atoms with Crippen LogP contribution in [0.15, 0.2) is 16.9 Å². The number of carboxylic acids is 1. The lowest BCUT2D eigenvalue weighted by atomic mass is 9.77. The first kappa shape index (κ1) is 17.2. The van der Waals surface area contributed by atoms with E-state index in [-0.39, 0.29) is 0 Å². The van der Waals surface area contributed by atoms with Gasteiger partial charge in [-0.05, 0) is 57.2 Å². The summed E-state index contributed by atoms with van der Waals surface area (Å²) in [7, 11) is 1.35. The quantitative estimate of drug-likeness (QED) is 0.816. The summed E-state index contributed by atoms with van der Waals surface area (Å²) in [6.07, 6.45) is 1.85. The normalized spacial score (nSPS) is 20.4. The Morgan fingerprint density at radius 1 is 1.36 bits per heavy atom. The summed E-state index contributed by atoms with van der Waals surface area (Å²) in [4.78, 5) is 11.6. The van der Waals surface area contributed by atoms with Crippen molar-refractivity contribution in [3.8, 4) is 0 Å². The van der Waals surface area contributed by atoms with Crippen molar-refractivity contribution in [2.24, 2.45) is 0 Å². The molecular weight excluding hydrogens is 301 g/mol. The van der Waals surface area contributed by atoms with Gasteiger partial charge < -0.3 is 19.7 Å². The number of hydrogen-bond acceptors (Lipinski definition) is 5. The van der Waals surface area contributed by atoms with Crippen LogP contribution < -0.4 is 5.32 Å². The third-order valence-corrected chi connectivity index (χ3v) is 5.09. The zero-order valence-corrected chi connectivity index (χ0v) is 14.4. The van der Waals surface area contributed by atoms with Crippen LogP contribution in [0.4, 0.5) is 0 Å². The maximum absolute atomic E-state index is 11.3. The Morgan fingerprint density at radius 2 is 1.95 bits per heavy atom. The van der Waals surface area contributed by atoms with Gasteiger partial charge in [0.1, 0.15) is 4.88 Å². The number of rotatable bonds is 5. The maximum Gasteiger partial charge on any atom is 0.491 e. The summed E-state index contributed by atoms with van der Waals surface area (Å²) >= 11 is 1.21. The smallest absolute Gasteiger partial charge is 0.477 e. The molecule has 120 valence electrons. The van der Waals surface area contributed by atoms with Gasteiger partial charge in [0.25, 0.3) is 0 Å². The van der Waals surface area contributed by atoms with E-state index in [0.717, 1.165) is 5.47 Å². The molecule has 0 spiro atoms. The fourth-order valence-electron chi connectivity index (χ4n) is 2.21. The van der Waals surface area contributed by atoms with Gasteiger partial charge in [-0.3, -0.25) is 0 Å². The van der Waals surface area contributed by atoms with Crippen LogP contribution in [0.25, 0.3) is 6.08 Å². The molecule has 1 fully saturated rings. The van der Waals surface area contributed by atoms with Crippen molar-refractivity contribution in [2.45, 2.75) is 38.9 Å². The van der Waals surface area contributed by atoms with E-state index in [1.165, 1.54) is 11.3 Å². The van der Waals surface area contributed by atoms with Crippen LogP contribution in [0.1, 0.15) is 42.9 Å². The standard InChI is InChI=1S/C15H22BNO4S/c1-14(2)15(3,4)21-16(20-14)11(9-17-5)8-10-6-7-22-12(10)13(18)19/h6-8,17H,9H2,1-5H3,(H,18,19). The highest BCUT2D eigenvalue weighted by molar-refractivity contribution is 7.12. The van der Waals surface area contributed by atoms with E-state index >= 15 is 0 Å². The lowest BCUT2D eigenvalue weighted by Crippen LogP contribution is -2.41. The molecule has 7 heteroatoms. The molecule has 1 aromatic heterocycles. The molecule has 2 N–H and O–H groups in total.